The molecule has 0 amide bonds. The van der Waals surface area contributed by atoms with Gasteiger partial charge in [-0.3, -0.25) is 9.78 Å². The van der Waals surface area contributed by atoms with Gasteiger partial charge in [-0.25, -0.2) is 4.79 Å². The number of hydrogen-bond acceptors (Lipinski definition) is 3. The summed E-state index contributed by atoms with van der Waals surface area (Å²) in [5.41, 5.74) is 1.93. The van der Waals surface area contributed by atoms with Gasteiger partial charge in [0.25, 0.3) is 0 Å². The fourth-order valence-electron chi connectivity index (χ4n) is 1.72. The summed E-state index contributed by atoms with van der Waals surface area (Å²) in [6, 6.07) is 8.52. The van der Waals surface area contributed by atoms with E-state index in [-0.39, 0.29) is 11.3 Å². The molecule has 0 atom stereocenters. The summed E-state index contributed by atoms with van der Waals surface area (Å²) in [6.45, 7) is 1.48. The van der Waals surface area contributed by atoms with Gasteiger partial charge in [0.05, 0.1) is 5.56 Å². The first kappa shape index (κ1) is 12.0. The second-order valence-electron chi connectivity index (χ2n) is 3.86. The highest BCUT2D eigenvalue weighted by Crippen LogP contribution is 2.24. The number of carbonyl (C=O) groups excluding carboxylic acids is 1. The lowest BCUT2D eigenvalue weighted by molar-refractivity contribution is 0.0697. The molecule has 0 saturated carbocycles. The van der Waals surface area contributed by atoms with Crippen molar-refractivity contribution in [2.45, 2.75) is 6.92 Å². The van der Waals surface area contributed by atoms with E-state index in [1.807, 2.05) is 0 Å². The highest BCUT2D eigenvalue weighted by molar-refractivity contribution is 5.98. The van der Waals surface area contributed by atoms with Crippen LogP contribution in [0.2, 0.25) is 0 Å². The predicted octanol–water partition coefficient (Wildman–Crippen LogP) is 2.65. The van der Waals surface area contributed by atoms with Crippen LogP contribution in [0.1, 0.15) is 27.6 Å². The Kier molecular flexibility index (Phi) is 3.19. The fourth-order valence-corrected chi connectivity index (χ4v) is 1.72. The number of aromatic nitrogens is 1. The first-order chi connectivity index (χ1) is 8.59. The van der Waals surface area contributed by atoms with Crippen molar-refractivity contribution in [2.75, 3.05) is 0 Å². The van der Waals surface area contributed by atoms with Crippen molar-refractivity contribution in [3.05, 3.63) is 53.9 Å². The van der Waals surface area contributed by atoms with Crippen molar-refractivity contribution in [2.24, 2.45) is 0 Å². The van der Waals surface area contributed by atoms with Gasteiger partial charge in [0.2, 0.25) is 0 Å². The van der Waals surface area contributed by atoms with Crippen LogP contribution in [0.5, 0.6) is 0 Å². The van der Waals surface area contributed by atoms with Crippen LogP contribution in [0.3, 0.4) is 0 Å². The second-order valence-corrected chi connectivity index (χ2v) is 3.86. The van der Waals surface area contributed by atoms with Crippen LogP contribution in [-0.2, 0) is 0 Å². The molecule has 4 nitrogen and oxygen atoms in total. The molecule has 0 radical (unpaired) electrons. The third kappa shape index (κ3) is 2.27. The molecule has 0 spiro atoms. The first-order valence-corrected chi connectivity index (χ1v) is 5.38. The van der Waals surface area contributed by atoms with Crippen molar-refractivity contribution < 1.29 is 14.7 Å². The molecular weight excluding hydrogens is 230 g/mol. The van der Waals surface area contributed by atoms with Crippen LogP contribution < -0.4 is 0 Å². The average molecular weight is 241 g/mol. The summed E-state index contributed by atoms with van der Waals surface area (Å²) < 4.78 is 0. The second kappa shape index (κ2) is 4.79. The van der Waals surface area contributed by atoms with E-state index in [0.717, 1.165) is 0 Å². The SMILES string of the molecule is CC(=O)c1cccc(-c2ccncc2C(=O)O)c1. The normalized spacial score (nSPS) is 10.1. The van der Waals surface area contributed by atoms with Gasteiger partial charge >= 0.3 is 5.97 Å². The van der Waals surface area contributed by atoms with Gasteiger partial charge in [-0.2, -0.15) is 0 Å². The van der Waals surface area contributed by atoms with Crippen LogP contribution >= 0.6 is 0 Å². The highest BCUT2D eigenvalue weighted by atomic mass is 16.4. The van der Waals surface area contributed by atoms with Crippen molar-refractivity contribution in [3.8, 4) is 11.1 Å². The van der Waals surface area contributed by atoms with Gasteiger partial charge in [0, 0.05) is 18.0 Å². The number of hydrogen-bond donors (Lipinski definition) is 1. The zero-order valence-electron chi connectivity index (χ0n) is 9.75. The smallest absolute Gasteiger partial charge is 0.337 e. The zero-order valence-corrected chi connectivity index (χ0v) is 9.75. The number of benzene rings is 1. The summed E-state index contributed by atoms with van der Waals surface area (Å²) in [5, 5.41) is 9.10. The minimum Gasteiger partial charge on any atom is -0.478 e. The van der Waals surface area contributed by atoms with Crippen molar-refractivity contribution in [1.82, 2.24) is 4.98 Å². The van der Waals surface area contributed by atoms with E-state index < -0.39 is 5.97 Å². The molecule has 0 aliphatic carbocycles. The molecule has 1 aromatic carbocycles. The number of rotatable bonds is 3. The maximum Gasteiger partial charge on any atom is 0.337 e. The number of nitrogens with zero attached hydrogens (tertiary/aromatic N) is 1. The maximum absolute atomic E-state index is 11.3. The Morgan fingerprint density at radius 1 is 1.22 bits per heavy atom. The van der Waals surface area contributed by atoms with Crippen LogP contribution in [0.25, 0.3) is 11.1 Å². The Bertz CT molecular complexity index is 620. The van der Waals surface area contributed by atoms with E-state index in [4.69, 9.17) is 5.11 Å². The number of aromatic carboxylic acids is 1. The molecule has 18 heavy (non-hydrogen) atoms. The summed E-state index contributed by atoms with van der Waals surface area (Å²) in [7, 11) is 0. The fraction of sp³-hybridized carbons (Fsp3) is 0.0714. The van der Waals surface area contributed by atoms with E-state index >= 15 is 0 Å². The highest BCUT2D eigenvalue weighted by Gasteiger charge is 2.12. The minimum atomic E-state index is -1.04. The quantitative estimate of drug-likeness (QED) is 0.839. The molecule has 0 saturated heterocycles. The lowest BCUT2D eigenvalue weighted by Crippen LogP contribution is -2.01. The molecule has 1 heterocycles. The standard InChI is InChI=1S/C14H11NO3/c1-9(16)10-3-2-4-11(7-10)12-5-6-15-8-13(12)14(17)18/h2-8H,1H3,(H,17,18). The molecule has 0 bridgehead atoms. The summed E-state index contributed by atoms with van der Waals surface area (Å²) >= 11 is 0. The molecule has 0 aliphatic rings. The first-order valence-electron chi connectivity index (χ1n) is 5.38. The average Bonchev–Trinajstić information content (AvgIpc) is 2.39. The molecule has 2 aromatic rings. The Morgan fingerprint density at radius 2 is 2.00 bits per heavy atom. The Hall–Kier alpha value is -2.49. The number of carboxylic acid groups (broad SMARTS) is 1. The van der Waals surface area contributed by atoms with Crippen molar-refractivity contribution >= 4 is 11.8 Å². The number of ketones is 1. The van der Waals surface area contributed by atoms with E-state index in [0.29, 0.717) is 16.7 Å². The monoisotopic (exact) mass is 241 g/mol. The van der Waals surface area contributed by atoms with Crippen LogP contribution in [0.15, 0.2) is 42.7 Å². The molecule has 0 unspecified atom stereocenters. The summed E-state index contributed by atoms with van der Waals surface area (Å²) in [5.74, 6) is -1.09. The van der Waals surface area contributed by atoms with E-state index in [9.17, 15) is 9.59 Å². The van der Waals surface area contributed by atoms with Crippen LogP contribution in [0.4, 0.5) is 0 Å². The molecule has 0 aliphatic heterocycles. The minimum absolute atomic E-state index is 0.0530. The Balaban J connectivity index is 2.58. The van der Waals surface area contributed by atoms with Gasteiger partial charge in [0.1, 0.15) is 0 Å². The lowest BCUT2D eigenvalue weighted by Gasteiger charge is -2.06. The largest absolute Gasteiger partial charge is 0.478 e. The summed E-state index contributed by atoms with van der Waals surface area (Å²) in [4.78, 5) is 26.2. The van der Waals surface area contributed by atoms with Gasteiger partial charge < -0.3 is 5.11 Å². The molecule has 90 valence electrons. The maximum atomic E-state index is 11.3. The van der Waals surface area contributed by atoms with Crippen LogP contribution in [-0.4, -0.2) is 21.8 Å². The molecular formula is C14H11NO3. The number of Topliss-reactive ketones (excluding diaryl/α,β-unsaturated/α-hetero) is 1. The molecule has 4 heteroatoms. The van der Waals surface area contributed by atoms with E-state index in [1.54, 1.807) is 30.3 Å². The molecule has 1 N–H and O–H groups in total. The van der Waals surface area contributed by atoms with E-state index in [1.165, 1.54) is 19.3 Å². The van der Waals surface area contributed by atoms with Crippen molar-refractivity contribution in [3.63, 3.8) is 0 Å². The van der Waals surface area contributed by atoms with Crippen LogP contribution in [0, 0.1) is 0 Å². The number of pyridine rings is 1. The third-order valence-corrected chi connectivity index (χ3v) is 2.63. The van der Waals surface area contributed by atoms with Gasteiger partial charge in [-0.15, -0.1) is 0 Å². The van der Waals surface area contributed by atoms with Gasteiger partial charge in [0.15, 0.2) is 5.78 Å². The van der Waals surface area contributed by atoms with Gasteiger partial charge in [-0.05, 0) is 30.2 Å². The number of carboxylic acids is 1. The third-order valence-electron chi connectivity index (χ3n) is 2.63. The van der Waals surface area contributed by atoms with Crippen molar-refractivity contribution in [1.29, 1.82) is 0 Å². The Labute approximate surface area is 104 Å². The number of carbonyl (C=O) groups is 2. The predicted molar refractivity (Wildman–Crippen MR) is 66.6 cm³/mol. The Morgan fingerprint density at radius 3 is 2.67 bits per heavy atom. The van der Waals surface area contributed by atoms with Gasteiger partial charge in [-0.1, -0.05) is 18.2 Å². The zero-order chi connectivity index (χ0) is 13.1. The van der Waals surface area contributed by atoms with E-state index in [2.05, 4.69) is 4.98 Å². The molecule has 2 rings (SSSR count). The topological polar surface area (TPSA) is 67.3 Å². The lowest BCUT2D eigenvalue weighted by atomic mass is 9.99. The molecule has 0 fully saturated rings. The summed E-state index contributed by atoms with van der Waals surface area (Å²) in [6.07, 6.45) is 2.83. The molecule has 1 aromatic heterocycles.